The Morgan fingerprint density at radius 3 is 2.67 bits per heavy atom. The molecule has 1 amide bonds. The maximum atomic E-state index is 13.2. The van der Waals surface area contributed by atoms with Crippen molar-refractivity contribution in [3.05, 3.63) is 30.1 Å². The summed E-state index contributed by atoms with van der Waals surface area (Å²) in [6.45, 7) is 1.14. The number of hydrogen-bond acceptors (Lipinski definition) is 4. The van der Waals surface area contributed by atoms with Crippen molar-refractivity contribution in [2.75, 3.05) is 33.2 Å². The van der Waals surface area contributed by atoms with E-state index in [1.807, 2.05) is 4.90 Å². The second kappa shape index (κ2) is 6.08. The van der Waals surface area contributed by atoms with Gasteiger partial charge in [0.25, 0.3) is 0 Å². The molecule has 1 heterocycles. The third-order valence-electron chi connectivity index (χ3n) is 3.52. The largest absolute Gasteiger partial charge is 0.369 e. The van der Waals surface area contributed by atoms with Crippen molar-refractivity contribution < 1.29 is 17.6 Å². The van der Waals surface area contributed by atoms with E-state index in [-0.39, 0.29) is 18.0 Å². The van der Waals surface area contributed by atoms with Crippen LogP contribution in [0.5, 0.6) is 0 Å². The lowest BCUT2D eigenvalue weighted by molar-refractivity contribution is -0.122. The van der Waals surface area contributed by atoms with Crippen LogP contribution in [-0.4, -0.2) is 56.8 Å². The van der Waals surface area contributed by atoms with Gasteiger partial charge < -0.3 is 10.6 Å². The Balaban J connectivity index is 2.32. The quantitative estimate of drug-likeness (QED) is 0.842. The summed E-state index contributed by atoms with van der Waals surface area (Å²) in [4.78, 5) is 13.2. The second-order valence-corrected chi connectivity index (χ2v) is 7.12. The van der Waals surface area contributed by atoms with Crippen molar-refractivity contribution in [2.24, 2.45) is 11.7 Å². The van der Waals surface area contributed by atoms with Crippen LogP contribution < -0.4 is 5.73 Å². The van der Waals surface area contributed by atoms with E-state index in [1.54, 1.807) is 7.05 Å². The molecule has 1 atom stereocenters. The molecule has 2 rings (SSSR count). The molecule has 0 saturated carbocycles. The fraction of sp³-hybridized carbons (Fsp3) is 0.462. The molecular formula is C13H18FN3O3S. The van der Waals surface area contributed by atoms with Crippen molar-refractivity contribution in [1.29, 1.82) is 0 Å². The van der Waals surface area contributed by atoms with Crippen LogP contribution in [-0.2, 0) is 14.8 Å². The maximum absolute atomic E-state index is 13.2. The molecule has 1 aromatic rings. The van der Waals surface area contributed by atoms with Crippen molar-refractivity contribution in [3.63, 3.8) is 0 Å². The average Bonchev–Trinajstić information content (AvgIpc) is 2.61. The van der Waals surface area contributed by atoms with Crippen LogP contribution in [0.2, 0.25) is 0 Å². The number of sulfonamides is 1. The van der Waals surface area contributed by atoms with Gasteiger partial charge in [0.1, 0.15) is 5.82 Å². The Hall–Kier alpha value is -1.51. The molecule has 21 heavy (non-hydrogen) atoms. The Morgan fingerprint density at radius 1 is 1.33 bits per heavy atom. The molecule has 0 unspecified atom stereocenters. The van der Waals surface area contributed by atoms with Crippen LogP contribution in [0.3, 0.4) is 0 Å². The van der Waals surface area contributed by atoms with Crippen molar-refractivity contribution >= 4 is 15.9 Å². The summed E-state index contributed by atoms with van der Waals surface area (Å²) in [5, 5.41) is 0. The minimum atomic E-state index is -3.84. The molecule has 0 spiro atoms. The van der Waals surface area contributed by atoms with Gasteiger partial charge in [0, 0.05) is 26.2 Å². The number of nitrogens with zero attached hydrogens (tertiary/aromatic N) is 2. The van der Waals surface area contributed by atoms with E-state index in [0.29, 0.717) is 13.1 Å². The predicted octanol–water partition coefficient (Wildman–Crippen LogP) is -0.137. The number of carbonyl (C=O) groups excluding carboxylic acids is 1. The number of benzene rings is 1. The van der Waals surface area contributed by atoms with Crippen LogP contribution in [0.15, 0.2) is 29.2 Å². The molecule has 6 nitrogen and oxygen atoms in total. The third kappa shape index (κ3) is 3.58. The van der Waals surface area contributed by atoms with Crippen LogP contribution in [0.25, 0.3) is 0 Å². The number of carbonyl (C=O) groups is 1. The Bertz CT molecular complexity index is 635. The summed E-state index contributed by atoms with van der Waals surface area (Å²) in [5.74, 6) is -1.74. The maximum Gasteiger partial charge on any atom is 0.243 e. The molecule has 1 saturated heterocycles. The lowest BCUT2D eigenvalue weighted by Gasteiger charge is -2.22. The number of amides is 1. The van der Waals surface area contributed by atoms with Crippen molar-refractivity contribution in [3.8, 4) is 0 Å². The van der Waals surface area contributed by atoms with Gasteiger partial charge in [-0.05, 0) is 25.2 Å². The van der Waals surface area contributed by atoms with E-state index >= 15 is 0 Å². The number of hydrogen-bond donors (Lipinski definition) is 1. The van der Waals surface area contributed by atoms with Gasteiger partial charge in [0.2, 0.25) is 15.9 Å². The van der Waals surface area contributed by atoms with E-state index in [1.165, 1.54) is 22.5 Å². The molecule has 1 aliphatic rings. The van der Waals surface area contributed by atoms with E-state index in [0.717, 1.165) is 6.07 Å². The zero-order chi connectivity index (χ0) is 15.6. The van der Waals surface area contributed by atoms with E-state index < -0.39 is 27.7 Å². The predicted molar refractivity (Wildman–Crippen MR) is 75.3 cm³/mol. The molecule has 1 aromatic carbocycles. The normalized spacial score (nSPS) is 21.9. The van der Waals surface area contributed by atoms with Crippen LogP contribution in [0, 0.1) is 11.7 Å². The van der Waals surface area contributed by atoms with E-state index in [4.69, 9.17) is 5.73 Å². The highest BCUT2D eigenvalue weighted by atomic mass is 32.2. The van der Waals surface area contributed by atoms with Crippen LogP contribution in [0.1, 0.15) is 0 Å². The van der Waals surface area contributed by atoms with Gasteiger partial charge in [-0.3, -0.25) is 4.79 Å². The molecule has 0 bridgehead atoms. The standard InChI is InChI=1S/C13H18FN3O3S/c1-16-5-6-17(9-10(8-16)13(15)18)21(19,20)12-4-2-3-11(14)7-12/h2-4,7,10H,5-6,8-9H2,1H3,(H2,15,18)/t10-/m0/s1. The van der Waals surface area contributed by atoms with Gasteiger partial charge in [0.05, 0.1) is 10.8 Å². The summed E-state index contributed by atoms with van der Waals surface area (Å²) < 4.78 is 39.6. The highest BCUT2D eigenvalue weighted by Gasteiger charge is 2.32. The molecule has 8 heteroatoms. The van der Waals surface area contributed by atoms with Crippen LogP contribution in [0.4, 0.5) is 4.39 Å². The van der Waals surface area contributed by atoms with Gasteiger partial charge in [-0.25, -0.2) is 12.8 Å². The molecule has 1 aliphatic heterocycles. The van der Waals surface area contributed by atoms with Crippen LogP contribution >= 0.6 is 0 Å². The van der Waals surface area contributed by atoms with Gasteiger partial charge in [-0.2, -0.15) is 4.31 Å². The minimum absolute atomic E-state index is 0.0124. The van der Waals surface area contributed by atoms with E-state index in [9.17, 15) is 17.6 Å². The molecule has 0 radical (unpaired) electrons. The number of likely N-dealkylation sites (N-methyl/N-ethyl adjacent to an activating group) is 1. The molecular weight excluding hydrogens is 297 g/mol. The SMILES string of the molecule is CN1CCN(S(=O)(=O)c2cccc(F)c2)C[C@@H](C(N)=O)C1. The van der Waals surface area contributed by atoms with Gasteiger partial charge in [-0.1, -0.05) is 6.07 Å². The number of halogens is 1. The second-order valence-electron chi connectivity index (χ2n) is 5.18. The summed E-state index contributed by atoms with van der Waals surface area (Å²) in [6.07, 6.45) is 0. The molecule has 116 valence electrons. The minimum Gasteiger partial charge on any atom is -0.369 e. The Kier molecular flexibility index (Phi) is 4.60. The molecule has 0 aliphatic carbocycles. The fourth-order valence-corrected chi connectivity index (χ4v) is 3.83. The molecule has 1 fully saturated rings. The van der Waals surface area contributed by atoms with Gasteiger partial charge in [-0.15, -0.1) is 0 Å². The fourth-order valence-electron chi connectivity index (χ4n) is 2.32. The summed E-state index contributed by atoms with van der Waals surface area (Å²) >= 11 is 0. The van der Waals surface area contributed by atoms with E-state index in [2.05, 4.69) is 0 Å². The summed E-state index contributed by atoms with van der Waals surface area (Å²) in [6, 6.07) is 4.84. The first-order chi connectivity index (χ1) is 9.80. The topological polar surface area (TPSA) is 83.7 Å². The average molecular weight is 315 g/mol. The van der Waals surface area contributed by atoms with Crippen molar-refractivity contribution in [1.82, 2.24) is 9.21 Å². The number of primary amides is 1. The molecule has 2 N–H and O–H groups in total. The smallest absolute Gasteiger partial charge is 0.243 e. The zero-order valence-corrected chi connectivity index (χ0v) is 12.5. The monoisotopic (exact) mass is 315 g/mol. The molecule has 0 aromatic heterocycles. The lowest BCUT2D eigenvalue weighted by atomic mass is 10.1. The Labute approximate surface area is 123 Å². The zero-order valence-electron chi connectivity index (χ0n) is 11.7. The summed E-state index contributed by atoms with van der Waals surface area (Å²) in [5.41, 5.74) is 5.32. The van der Waals surface area contributed by atoms with Crippen molar-refractivity contribution in [2.45, 2.75) is 4.90 Å². The number of rotatable bonds is 3. The number of nitrogens with two attached hydrogens (primary N) is 1. The highest BCUT2D eigenvalue weighted by Crippen LogP contribution is 2.20. The first-order valence-corrected chi connectivity index (χ1v) is 7.98. The first kappa shape index (κ1) is 15.9. The van der Waals surface area contributed by atoms with Gasteiger partial charge in [0.15, 0.2) is 0 Å². The van der Waals surface area contributed by atoms with Gasteiger partial charge >= 0.3 is 0 Å². The lowest BCUT2D eigenvalue weighted by Crippen LogP contribution is -2.40. The highest BCUT2D eigenvalue weighted by molar-refractivity contribution is 7.89. The first-order valence-electron chi connectivity index (χ1n) is 6.54. The summed E-state index contributed by atoms with van der Waals surface area (Å²) in [7, 11) is -2.04. The third-order valence-corrected chi connectivity index (χ3v) is 5.38. The Morgan fingerprint density at radius 2 is 2.05 bits per heavy atom.